The van der Waals surface area contributed by atoms with Crippen molar-refractivity contribution in [1.29, 1.82) is 5.26 Å². The largest absolute Gasteiger partial charge is 0.399 e. The zero-order chi connectivity index (χ0) is 11.4. The number of nitrogens with one attached hydrogen (secondary N) is 1. The van der Waals surface area contributed by atoms with Crippen LogP contribution in [0.25, 0.3) is 0 Å². The van der Waals surface area contributed by atoms with Crippen molar-refractivity contribution in [2.75, 3.05) is 11.1 Å². The monoisotopic (exact) mass is 210 g/mol. The predicted molar refractivity (Wildman–Crippen MR) is 63.1 cm³/mol. The van der Waals surface area contributed by atoms with E-state index in [4.69, 9.17) is 11.0 Å². The molecule has 2 aromatic rings. The number of aromatic nitrogens is 1. The van der Waals surface area contributed by atoms with E-state index in [1.165, 1.54) is 0 Å². The first-order valence-corrected chi connectivity index (χ1v) is 4.77. The molecule has 0 aliphatic carbocycles. The standard InChI is InChI=1S/C12H10N4/c13-8-12-11(2-1-7-15-12)16-10-5-3-9(14)4-6-10/h1-7,16H,14H2. The average Bonchev–Trinajstić information content (AvgIpc) is 2.33. The van der Waals surface area contributed by atoms with Crippen LogP contribution in [0.5, 0.6) is 0 Å². The minimum absolute atomic E-state index is 0.374. The van der Waals surface area contributed by atoms with Crippen molar-refractivity contribution in [3.8, 4) is 6.07 Å². The second kappa shape index (κ2) is 4.32. The highest BCUT2D eigenvalue weighted by Crippen LogP contribution is 2.19. The Morgan fingerprint density at radius 1 is 1.19 bits per heavy atom. The van der Waals surface area contributed by atoms with Crippen LogP contribution >= 0.6 is 0 Å². The van der Waals surface area contributed by atoms with E-state index in [0.29, 0.717) is 17.1 Å². The van der Waals surface area contributed by atoms with Crippen molar-refractivity contribution in [2.45, 2.75) is 0 Å². The third-order valence-electron chi connectivity index (χ3n) is 2.10. The number of hydrogen-bond donors (Lipinski definition) is 2. The molecular weight excluding hydrogens is 200 g/mol. The fraction of sp³-hybridized carbons (Fsp3) is 0. The van der Waals surface area contributed by atoms with Gasteiger partial charge in [0.2, 0.25) is 0 Å². The van der Waals surface area contributed by atoms with Crippen LogP contribution in [0.3, 0.4) is 0 Å². The van der Waals surface area contributed by atoms with Gasteiger partial charge in [-0.15, -0.1) is 0 Å². The first-order valence-electron chi connectivity index (χ1n) is 4.77. The number of nitrogens with zero attached hydrogens (tertiary/aromatic N) is 2. The van der Waals surface area contributed by atoms with Gasteiger partial charge in [-0.25, -0.2) is 4.98 Å². The molecule has 0 spiro atoms. The summed E-state index contributed by atoms with van der Waals surface area (Å²) in [5.74, 6) is 0. The molecule has 0 atom stereocenters. The van der Waals surface area contributed by atoms with Crippen LogP contribution in [0, 0.1) is 11.3 Å². The van der Waals surface area contributed by atoms with Gasteiger partial charge in [-0.05, 0) is 36.4 Å². The average molecular weight is 210 g/mol. The topological polar surface area (TPSA) is 74.7 Å². The maximum Gasteiger partial charge on any atom is 0.163 e. The molecule has 1 aromatic heterocycles. The maximum atomic E-state index is 8.87. The van der Waals surface area contributed by atoms with Crippen LogP contribution in [0.4, 0.5) is 17.1 Å². The lowest BCUT2D eigenvalue weighted by Crippen LogP contribution is -1.95. The molecule has 0 radical (unpaired) electrons. The Balaban J connectivity index is 2.27. The molecule has 2 rings (SSSR count). The molecule has 0 saturated carbocycles. The van der Waals surface area contributed by atoms with Crippen LogP contribution in [0.1, 0.15) is 5.69 Å². The van der Waals surface area contributed by atoms with Crippen molar-refractivity contribution < 1.29 is 0 Å². The lowest BCUT2D eigenvalue weighted by atomic mass is 10.2. The summed E-state index contributed by atoms with van der Waals surface area (Å²) in [5.41, 5.74) is 8.23. The Morgan fingerprint density at radius 3 is 2.62 bits per heavy atom. The predicted octanol–water partition coefficient (Wildman–Crippen LogP) is 2.28. The summed E-state index contributed by atoms with van der Waals surface area (Å²) in [6.45, 7) is 0. The van der Waals surface area contributed by atoms with Gasteiger partial charge in [0.1, 0.15) is 6.07 Å². The Bertz CT molecular complexity index is 525. The van der Waals surface area contributed by atoms with Crippen molar-refractivity contribution in [3.05, 3.63) is 48.3 Å². The summed E-state index contributed by atoms with van der Waals surface area (Å²) in [4.78, 5) is 3.96. The van der Waals surface area contributed by atoms with Crippen molar-refractivity contribution in [2.24, 2.45) is 0 Å². The number of benzene rings is 1. The molecule has 0 unspecified atom stereocenters. The van der Waals surface area contributed by atoms with Crippen molar-refractivity contribution in [1.82, 2.24) is 4.98 Å². The fourth-order valence-corrected chi connectivity index (χ4v) is 1.32. The van der Waals surface area contributed by atoms with Gasteiger partial charge in [0.15, 0.2) is 5.69 Å². The molecule has 16 heavy (non-hydrogen) atoms. The summed E-state index contributed by atoms with van der Waals surface area (Å²) < 4.78 is 0. The van der Waals surface area contributed by atoms with Crippen LogP contribution < -0.4 is 11.1 Å². The van der Waals surface area contributed by atoms with Crippen molar-refractivity contribution >= 4 is 17.1 Å². The van der Waals surface area contributed by atoms with Gasteiger partial charge in [0.25, 0.3) is 0 Å². The smallest absolute Gasteiger partial charge is 0.163 e. The van der Waals surface area contributed by atoms with E-state index in [9.17, 15) is 0 Å². The highest BCUT2D eigenvalue weighted by atomic mass is 14.9. The van der Waals surface area contributed by atoms with E-state index in [1.54, 1.807) is 24.4 Å². The molecule has 0 aliphatic rings. The highest BCUT2D eigenvalue weighted by Gasteiger charge is 2.01. The Labute approximate surface area is 93.4 Å². The minimum atomic E-state index is 0.374. The summed E-state index contributed by atoms with van der Waals surface area (Å²) in [7, 11) is 0. The van der Waals surface area contributed by atoms with E-state index in [1.807, 2.05) is 24.3 Å². The Hall–Kier alpha value is -2.54. The Morgan fingerprint density at radius 2 is 1.94 bits per heavy atom. The molecule has 4 nitrogen and oxygen atoms in total. The second-order valence-electron chi connectivity index (χ2n) is 3.26. The third-order valence-corrected chi connectivity index (χ3v) is 2.10. The van der Waals surface area contributed by atoms with E-state index in [2.05, 4.69) is 10.3 Å². The molecular formula is C12H10N4. The van der Waals surface area contributed by atoms with Crippen LogP contribution in [-0.2, 0) is 0 Å². The SMILES string of the molecule is N#Cc1ncccc1Nc1ccc(N)cc1. The van der Waals surface area contributed by atoms with Gasteiger partial charge >= 0.3 is 0 Å². The van der Waals surface area contributed by atoms with Gasteiger partial charge in [0.05, 0.1) is 5.69 Å². The highest BCUT2D eigenvalue weighted by molar-refractivity contribution is 5.65. The van der Waals surface area contributed by atoms with E-state index in [-0.39, 0.29) is 0 Å². The molecule has 0 bridgehead atoms. The Kier molecular flexibility index (Phi) is 2.70. The number of hydrogen-bond acceptors (Lipinski definition) is 4. The molecule has 0 saturated heterocycles. The summed E-state index contributed by atoms with van der Waals surface area (Å²) in [6, 6.07) is 12.9. The molecule has 78 valence electrons. The van der Waals surface area contributed by atoms with E-state index < -0.39 is 0 Å². The zero-order valence-electron chi connectivity index (χ0n) is 8.51. The summed E-state index contributed by atoms with van der Waals surface area (Å²) >= 11 is 0. The summed E-state index contributed by atoms with van der Waals surface area (Å²) in [5, 5.41) is 12.0. The first kappa shape index (κ1) is 9.99. The molecule has 3 N–H and O–H groups in total. The molecule has 1 aromatic carbocycles. The van der Waals surface area contributed by atoms with Crippen LogP contribution in [0.2, 0.25) is 0 Å². The lowest BCUT2D eigenvalue weighted by molar-refractivity contribution is 1.26. The minimum Gasteiger partial charge on any atom is -0.399 e. The van der Waals surface area contributed by atoms with Gasteiger partial charge in [-0.1, -0.05) is 0 Å². The fourth-order valence-electron chi connectivity index (χ4n) is 1.32. The molecule has 0 fully saturated rings. The van der Waals surface area contributed by atoms with E-state index in [0.717, 1.165) is 5.69 Å². The number of nitriles is 1. The number of rotatable bonds is 2. The number of anilines is 3. The number of pyridine rings is 1. The van der Waals surface area contributed by atoms with E-state index >= 15 is 0 Å². The number of nitrogen functional groups attached to an aromatic ring is 1. The normalized spacial score (nSPS) is 9.44. The molecule has 1 heterocycles. The maximum absolute atomic E-state index is 8.87. The van der Waals surface area contributed by atoms with Crippen LogP contribution in [-0.4, -0.2) is 4.98 Å². The van der Waals surface area contributed by atoms with Gasteiger partial charge in [0, 0.05) is 17.6 Å². The summed E-state index contributed by atoms with van der Waals surface area (Å²) in [6.07, 6.45) is 1.59. The molecule has 0 aliphatic heterocycles. The van der Waals surface area contributed by atoms with Gasteiger partial charge in [-0.3, -0.25) is 0 Å². The van der Waals surface area contributed by atoms with Gasteiger partial charge in [-0.2, -0.15) is 5.26 Å². The van der Waals surface area contributed by atoms with Crippen molar-refractivity contribution in [3.63, 3.8) is 0 Å². The number of nitrogens with two attached hydrogens (primary N) is 1. The third kappa shape index (κ3) is 2.10. The second-order valence-corrected chi connectivity index (χ2v) is 3.26. The zero-order valence-corrected chi connectivity index (χ0v) is 8.51. The quantitative estimate of drug-likeness (QED) is 0.745. The lowest BCUT2D eigenvalue weighted by Gasteiger charge is -2.07. The van der Waals surface area contributed by atoms with Gasteiger partial charge < -0.3 is 11.1 Å². The van der Waals surface area contributed by atoms with Crippen LogP contribution in [0.15, 0.2) is 42.6 Å². The molecule has 0 amide bonds. The first-order chi connectivity index (χ1) is 7.79. The molecule has 4 heteroatoms.